The molecule has 1 unspecified atom stereocenters. The Balaban J connectivity index is 1.47. The topological polar surface area (TPSA) is 21.8 Å². The molecule has 1 aliphatic heterocycles. The van der Waals surface area contributed by atoms with Crippen molar-refractivity contribution < 1.29 is 9.47 Å². The minimum atomic E-state index is 0.333. The van der Waals surface area contributed by atoms with Gasteiger partial charge in [-0.2, -0.15) is 0 Å². The molecule has 24 heavy (non-hydrogen) atoms. The number of epoxide rings is 1. The van der Waals surface area contributed by atoms with E-state index in [1.807, 2.05) is 0 Å². The fourth-order valence-electron chi connectivity index (χ4n) is 3.18. The molecule has 0 bridgehead atoms. The summed E-state index contributed by atoms with van der Waals surface area (Å²) in [5.74, 6) is 1.06. The van der Waals surface area contributed by atoms with E-state index < -0.39 is 0 Å². The molecule has 0 aliphatic carbocycles. The van der Waals surface area contributed by atoms with Gasteiger partial charge in [0.1, 0.15) is 18.5 Å². The quantitative estimate of drug-likeness (QED) is 0.277. The van der Waals surface area contributed by atoms with Gasteiger partial charge in [-0.15, -0.1) is 0 Å². The van der Waals surface area contributed by atoms with Crippen molar-refractivity contribution in [3.63, 3.8) is 0 Å². The molecular formula is C22H36O2. The van der Waals surface area contributed by atoms with Crippen molar-refractivity contribution in [3.05, 3.63) is 29.8 Å². The Hall–Kier alpha value is -1.02. The summed E-state index contributed by atoms with van der Waals surface area (Å²) in [6, 6.07) is 8.48. The lowest BCUT2D eigenvalue weighted by Gasteiger charge is -2.10. The number of hydrogen-bond donors (Lipinski definition) is 0. The van der Waals surface area contributed by atoms with Crippen molar-refractivity contribution in [2.45, 2.75) is 90.1 Å². The highest BCUT2D eigenvalue weighted by atomic mass is 16.6. The van der Waals surface area contributed by atoms with E-state index in [9.17, 15) is 0 Å². The number of ether oxygens (including phenoxy) is 2. The SMILES string of the molecule is CCCCCCCCCCCCCc1ccccc1OCC1CO1. The lowest BCUT2D eigenvalue weighted by atomic mass is 10.0. The van der Waals surface area contributed by atoms with E-state index >= 15 is 0 Å². The van der Waals surface area contributed by atoms with Crippen LogP contribution in [0.5, 0.6) is 5.75 Å². The number of hydrogen-bond acceptors (Lipinski definition) is 2. The Morgan fingerprint density at radius 2 is 1.46 bits per heavy atom. The van der Waals surface area contributed by atoms with Gasteiger partial charge in [0.15, 0.2) is 0 Å². The Morgan fingerprint density at radius 1 is 0.875 bits per heavy atom. The van der Waals surface area contributed by atoms with Gasteiger partial charge in [0.2, 0.25) is 0 Å². The predicted molar refractivity (Wildman–Crippen MR) is 102 cm³/mol. The zero-order valence-electron chi connectivity index (χ0n) is 15.6. The fourth-order valence-corrected chi connectivity index (χ4v) is 3.18. The number of para-hydroxylation sites is 1. The number of unbranched alkanes of at least 4 members (excludes halogenated alkanes) is 10. The van der Waals surface area contributed by atoms with E-state index in [1.165, 1.54) is 76.2 Å². The summed E-state index contributed by atoms with van der Waals surface area (Å²) in [6.45, 7) is 3.85. The summed E-state index contributed by atoms with van der Waals surface area (Å²) in [5, 5.41) is 0. The highest BCUT2D eigenvalue weighted by molar-refractivity contribution is 5.33. The third kappa shape index (κ3) is 8.73. The van der Waals surface area contributed by atoms with Crippen LogP contribution < -0.4 is 4.74 Å². The zero-order chi connectivity index (χ0) is 16.9. The minimum Gasteiger partial charge on any atom is -0.491 e. The van der Waals surface area contributed by atoms with Crippen molar-refractivity contribution in [2.75, 3.05) is 13.2 Å². The van der Waals surface area contributed by atoms with Crippen LogP contribution in [0.2, 0.25) is 0 Å². The fraction of sp³-hybridized carbons (Fsp3) is 0.727. The number of benzene rings is 1. The predicted octanol–water partition coefficient (Wildman–Crippen LogP) is 6.32. The maximum absolute atomic E-state index is 5.89. The van der Waals surface area contributed by atoms with E-state index in [0.29, 0.717) is 12.7 Å². The van der Waals surface area contributed by atoms with Gasteiger partial charge in [-0.3, -0.25) is 0 Å². The molecule has 1 fully saturated rings. The van der Waals surface area contributed by atoms with Gasteiger partial charge in [0, 0.05) is 0 Å². The third-order valence-corrected chi connectivity index (χ3v) is 4.85. The first-order valence-electron chi connectivity index (χ1n) is 10.2. The first-order valence-corrected chi connectivity index (χ1v) is 10.2. The number of aryl methyl sites for hydroxylation is 1. The second-order valence-corrected chi connectivity index (χ2v) is 7.16. The normalized spacial score (nSPS) is 16.3. The second-order valence-electron chi connectivity index (χ2n) is 7.16. The van der Waals surface area contributed by atoms with Crippen LogP contribution in [0.1, 0.15) is 83.1 Å². The molecule has 1 atom stereocenters. The molecule has 0 spiro atoms. The van der Waals surface area contributed by atoms with Crippen molar-refractivity contribution in [1.82, 2.24) is 0 Å². The Labute approximate surface area is 148 Å². The van der Waals surface area contributed by atoms with Crippen molar-refractivity contribution in [2.24, 2.45) is 0 Å². The van der Waals surface area contributed by atoms with E-state index in [1.54, 1.807) is 0 Å². The smallest absolute Gasteiger partial charge is 0.122 e. The summed E-state index contributed by atoms with van der Waals surface area (Å²) in [6.07, 6.45) is 16.8. The molecule has 1 aromatic rings. The average molecular weight is 333 g/mol. The molecule has 1 aromatic carbocycles. The van der Waals surface area contributed by atoms with Gasteiger partial charge in [-0.1, -0.05) is 89.3 Å². The molecule has 0 aromatic heterocycles. The van der Waals surface area contributed by atoms with Crippen LogP contribution in [0.15, 0.2) is 24.3 Å². The van der Waals surface area contributed by atoms with E-state index in [-0.39, 0.29) is 0 Å². The first kappa shape index (κ1) is 19.3. The highest BCUT2D eigenvalue weighted by Crippen LogP contribution is 2.22. The number of rotatable bonds is 15. The lowest BCUT2D eigenvalue weighted by molar-refractivity contribution is 0.261. The van der Waals surface area contributed by atoms with Crippen LogP contribution in [-0.2, 0) is 11.2 Å². The molecule has 1 heterocycles. The Morgan fingerprint density at radius 3 is 2.08 bits per heavy atom. The molecule has 2 rings (SSSR count). The maximum atomic E-state index is 5.89. The van der Waals surface area contributed by atoms with E-state index in [4.69, 9.17) is 9.47 Å². The Kier molecular flexibility index (Phi) is 9.94. The third-order valence-electron chi connectivity index (χ3n) is 4.85. The largest absolute Gasteiger partial charge is 0.491 e. The van der Waals surface area contributed by atoms with Crippen LogP contribution in [0.4, 0.5) is 0 Å². The van der Waals surface area contributed by atoms with Gasteiger partial charge in [0.25, 0.3) is 0 Å². The highest BCUT2D eigenvalue weighted by Gasteiger charge is 2.23. The average Bonchev–Trinajstić information content (AvgIpc) is 3.43. The van der Waals surface area contributed by atoms with Crippen LogP contribution in [-0.4, -0.2) is 19.3 Å². The van der Waals surface area contributed by atoms with Gasteiger partial charge < -0.3 is 9.47 Å². The van der Waals surface area contributed by atoms with Gasteiger partial charge in [-0.25, -0.2) is 0 Å². The van der Waals surface area contributed by atoms with Crippen molar-refractivity contribution >= 4 is 0 Å². The first-order chi connectivity index (χ1) is 11.9. The van der Waals surface area contributed by atoms with Gasteiger partial charge in [-0.05, 0) is 24.5 Å². The summed E-state index contributed by atoms with van der Waals surface area (Å²) in [7, 11) is 0. The molecule has 0 saturated carbocycles. The summed E-state index contributed by atoms with van der Waals surface area (Å²) in [4.78, 5) is 0. The van der Waals surface area contributed by atoms with Gasteiger partial charge >= 0.3 is 0 Å². The van der Waals surface area contributed by atoms with Crippen LogP contribution in [0, 0.1) is 0 Å². The maximum Gasteiger partial charge on any atom is 0.122 e. The molecule has 0 amide bonds. The van der Waals surface area contributed by atoms with E-state index in [0.717, 1.165) is 18.8 Å². The van der Waals surface area contributed by atoms with Crippen LogP contribution in [0.25, 0.3) is 0 Å². The molecule has 2 heteroatoms. The molecule has 1 aliphatic rings. The second kappa shape index (κ2) is 12.4. The van der Waals surface area contributed by atoms with Crippen LogP contribution >= 0.6 is 0 Å². The van der Waals surface area contributed by atoms with E-state index in [2.05, 4.69) is 31.2 Å². The molecule has 136 valence electrons. The summed E-state index contributed by atoms with van der Waals surface area (Å²) >= 11 is 0. The molecule has 0 N–H and O–H groups in total. The van der Waals surface area contributed by atoms with Crippen molar-refractivity contribution in [1.29, 1.82) is 0 Å². The van der Waals surface area contributed by atoms with Crippen LogP contribution in [0.3, 0.4) is 0 Å². The molecule has 1 saturated heterocycles. The van der Waals surface area contributed by atoms with Crippen molar-refractivity contribution in [3.8, 4) is 5.75 Å². The molecule has 0 radical (unpaired) electrons. The standard InChI is InChI=1S/C22H36O2/c1-2-3-4-5-6-7-8-9-10-11-12-15-20-16-13-14-17-22(20)24-19-21-18-23-21/h13-14,16-17,21H,2-12,15,18-19H2,1H3. The lowest BCUT2D eigenvalue weighted by Crippen LogP contribution is -2.05. The van der Waals surface area contributed by atoms with Gasteiger partial charge in [0.05, 0.1) is 6.61 Å². The Bertz CT molecular complexity index is 426. The monoisotopic (exact) mass is 332 g/mol. The minimum absolute atomic E-state index is 0.333. The summed E-state index contributed by atoms with van der Waals surface area (Å²) < 4.78 is 11.1. The molecule has 2 nitrogen and oxygen atoms in total. The summed E-state index contributed by atoms with van der Waals surface area (Å²) in [5.41, 5.74) is 1.36. The molecular weight excluding hydrogens is 296 g/mol. The zero-order valence-corrected chi connectivity index (χ0v) is 15.6.